The quantitative estimate of drug-likeness (QED) is 0.869. The minimum Gasteiger partial charge on any atom is -0.476 e. The third-order valence-electron chi connectivity index (χ3n) is 3.03. The van der Waals surface area contributed by atoms with Crippen LogP contribution in [0, 0.1) is 0 Å². The molecule has 1 N–H and O–H groups in total. The van der Waals surface area contributed by atoms with Crippen molar-refractivity contribution in [2.75, 3.05) is 32.7 Å². The number of aromatic carboxylic acids is 1. The smallest absolute Gasteiger partial charge is 0.365 e. The van der Waals surface area contributed by atoms with E-state index in [1.165, 1.54) is 11.3 Å². The number of carbonyl (C=O) groups is 1. The first kappa shape index (κ1) is 12.5. The van der Waals surface area contributed by atoms with Crippen LogP contribution in [0.15, 0.2) is 5.38 Å². The van der Waals surface area contributed by atoms with Crippen LogP contribution >= 0.6 is 11.3 Å². The number of carboxylic acids is 1. The number of rotatable bonds is 4. The Labute approximate surface area is 105 Å². The normalized spacial score (nSPS) is 18.4. The van der Waals surface area contributed by atoms with Gasteiger partial charge in [-0.1, -0.05) is 6.92 Å². The zero-order chi connectivity index (χ0) is 12.3. The number of hydrogen-bond acceptors (Lipinski definition) is 5. The Bertz CT molecular complexity index is 386. The molecule has 1 fully saturated rings. The van der Waals surface area contributed by atoms with E-state index in [4.69, 9.17) is 5.11 Å². The van der Waals surface area contributed by atoms with Crippen molar-refractivity contribution < 1.29 is 9.90 Å². The maximum Gasteiger partial charge on any atom is 0.365 e. The van der Waals surface area contributed by atoms with Crippen molar-refractivity contribution in [3.8, 4) is 0 Å². The molecular formula is C11H17N3O2S. The van der Waals surface area contributed by atoms with Gasteiger partial charge in [0, 0.05) is 38.1 Å². The molecule has 1 saturated heterocycles. The van der Waals surface area contributed by atoms with Gasteiger partial charge < -0.3 is 10.0 Å². The van der Waals surface area contributed by atoms with Crippen LogP contribution in [-0.2, 0) is 6.54 Å². The highest BCUT2D eigenvalue weighted by Crippen LogP contribution is 2.13. The highest BCUT2D eigenvalue weighted by Gasteiger charge is 2.17. The Morgan fingerprint density at radius 3 is 2.59 bits per heavy atom. The summed E-state index contributed by atoms with van der Waals surface area (Å²) >= 11 is 1.20. The van der Waals surface area contributed by atoms with E-state index < -0.39 is 5.97 Å². The molecule has 1 aromatic heterocycles. The van der Waals surface area contributed by atoms with Gasteiger partial charge in [-0.05, 0) is 6.54 Å². The second-order valence-corrected chi connectivity index (χ2v) is 5.02. The van der Waals surface area contributed by atoms with Crippen LogP contribution in [0.5, 0.6) is 0 Å². The lowest BCUT2D eigenvalue weighted by Gasteiger charge is -2.33. The standard InChI is InChI=1S/C11H17N3O2S/c1-2-13-3-5-14(6-4-13)7-9-8-17-10(12-9)11(15)16/h8H,2-7H2,1H3,(H,15,16). The summed E-state index contributed by atoms with van der Waals surface area (Å²) in [5, 5.41) is 10.8. The molecule has 1 aliphatic rings. The molecule has 94 valence electrons. The molecule has 0 amide bonds. The van der Waals surface area contributed by atoms with Crippen molar-refractivity contribution in [2.24, 2.45) is 0 Å². The minimum atomic E-state index is -0.933. The van der Waals surface area contributed by atoms with E-state index in [0.717, 1.165) is 45.0 Å². The molecule has 0 aliphatic carbocycles. The average Bonchev–Trinajstić information content (AvgIpc) is 2.79. The zero-order valence-electron chi connectivity index (χ0n) is 9.93. The Kier molecular flexibility index (Phi) is 4.09. The Hall–Kier alpha value is -0.980. The first-order valence-corrected chi connectivity index (χ1v) is 6.69. The number of piperazine rings is 1. The highest BCUT2D eigenvalue weighted by molar-refractivity contribution is 7.11. The molecular weight excluding hydrogens is 238 g/mol. The molecule has 0 unspecified atom stereocenters. The van der Waals surface area contributed by atoms with Crippen LogP contribution in [0.4, 0.5) is 0 Å². The highest BCUT2D eigenvalue weighted by atomic mass is 32.1. The summed E-state index contributed by atoms with van der Waals surface area (Å²) in [4.78, 5) is 19.6. The van der Waals surface area contributed by atoms with Crippen LogP contribution < -0.4 is 0 Å². The summed E-state index contributed by atoms with van der Waals surface area (Å²) in [7, 11) is 0. The Morgan fingerprint density at radius 1 is 1.41 bits per heavy atom. The van der Waals surface area contributed by atoms with Crippen molar-refractivity contribution in [2.45, 2.75) is 13.5 Å². The average molecular weight is 255 g/mol. The fraction of sp³-hybridized carbons (Fsp3) is 0.636. The molecule has 6 heteroatoms. The topological polar surface area (TPSA) is 56.7 Å². The van der Waals surface area contributed by atoms with Crippen LogP contribution in [0.1, 0.15) is 22.4 Å². The first-order chi connectivity index (χ1) is 8.19. The predicted octanol–water partition coefficient (Wildman–Crippen LogP) is 0.979. The van der Waals surface area contributed by atoms with E-state index in [9.17, 15) is 4.79 Å². The Balaban J connectivity index is 1.86. The largest absolute Gasteiger partial charge is 0.476 e. The number of likely N-dealkylation sites (N-methyl/N-ethyl adjacent to an activating group) is 1. The maximum atomic E-state index is 10.7. The summed E-state index contributed by atoms with van der Waals surface area (Å²) < 4.78 is 0. The van der Waals surface area contributed by atoms with Crippen LogP contribution in [0.2, 0.25) is 0 Å². The molecule has 0 radical (unpaired) electrons. The van der Waals surface area contributed by atoms with Gasteiger partial charge in [-0.2, -0.15) is 0 Å². The summed E-state index contributed by atoms with van der Waals surface area (Å²) in [6.45, 7) is 8.30. The SMILES string of the molecule is CCN1CCN(Cc2csc(C(=O)O)n2)CC1. The van der Waals surface area contributed by atoms with Gasteiger partial charge in [-0.25, -0.2) is 9.78 Å². The number of thiazole rings is 1. The van der Waals surface area contributed by atoms with Gasteiger partial charge in [0.2, 0.25) is 5.01 Å². The van der Waals surface area contributed by atoms with Gasteiger partial charge in [0.15, 0.2) is 0 Å². The van der Waals surface area contributed by atoms with Gasteiger partial charge in [-0.3, -0.25) is 4.90 Å². The van der Waals surface area contributed by atoms with Crippen LogP contribution in [0.25, 0.3) is 0 Å². The van der Waals surface area contributed by atoms with Crippen LogP contribution in [0.3, 0.4) is 0 Å². The summed E-state index contributed by atoms with van der Waals surface area (Å²) in [6, 6.07) is 0. The van der Waals surface area contributed by atoms with E-state index in [-0.39, 0.29) is 5.01 Å². The van der Waals surface area contributed by atoms with E-state index in [2.05, 4.69) is 21.7 Å². The summed E-state index contributed by atoms with van der Waals surface area (Å²) in [5.41, 5.74) is 0.873. The molecule has 17 heavy (non-hydrogen) atoms. The number of carboxylic acid groups (broad SMARTS) is 1. The zero-order valence-corrected chi connectivity index (χ0v) is 10.7. The lowest BCUT2D eigenvalue weighted by atomic mass is 10.3. The second-order valence-electron chi connectivity index (χ2n) is 4.16. The molecule has 1 aliphatic heterocycles. The molecule has 0 saturated carbocycles. The lowest BCUT2D eigenvalue weighted by molar-refractivity contribution is 0.0695. The fourth-order valence-electron chi connectivity index (χ4n) is 1.97. The van der Waals surface area contributed by atoms with Crippen molar-refractivity contribution in [1.29, 1.82) is 0 Å². The van der Waals surface area contributed by atoms with Gasteiger partial charge in [0.1, 0.15) is 0 Å². The van der Waals surface area contributed by atoms with Gasteiger partial charge in [0.05, 0.1) is 5.69 Å². The Morgan fingerprint density at radius 2 is 2.06 bits per heavy atom. The summed E-state index contributed by atoms with van der Waals surface area (Å²) in [6.07, 6.45) is 0. The molecule has 5 nitrogen and oxygen atoms in total. The maximum absolute atomic E-state index is 10.7. The summed E-state index contributed by atoms with van der Waals surface area (Å²) in [5.74, 6) is -0.933. The first-order valence-electron chi connectivity index (χ1n) is 5.81. The van der Waals surface area contributed by atoms with Gasteiger partial charge >= 0.3 is 5.97 Å². The van der Waals surface area contributed by atoms with E-state index in [0.29, 0.717) is 0 Å². The molecule has 2 heterocycles. The number of hydrogen-bond donors (Lipinski definition) is 1. The molecule has 0 bridgehead atoms. The predicted molar refractivity (Wildman–Crippen MR) is 66.5 cm³/mol. The minimum absolute atomic E-state index is 0.187. The van der Waals surface area contributed by atoms with Gasteiger partial charge in [0.25, 0.3) is 0 Å². The molecule has 0 aromatic carbocycles. The number of aromatic nitrogens is 1. The van der Waals surface area contributed by atoms with Crippen molar-refractivity contribution in [1.82, 2.24) is 14.8 Å². The van der Waals surface area contributed by atoms with E-state index in [1.807, 2.05) is 5.38 Å². The molecule has 2 rings (SSSR count). The van der Waals surface area contributed by atoms with Crippen LogP contribution in [-0.4, -0.2) is 58.6 Å². The van der Waals surface area contributed by atoms with Crippen molar-refractivity contribution in [3.05, 3.63) is 16.1 Å². The lowest BCUT2D eigenvalue weighted by Crippen LogP contribution is -2.45. The number of nitrogens with zero attached hydrogens (tertiary/aromatic N) is 3. The monoisotopic (exact) mass is 255 g/mol. The fourth-order valence-corrected chi connectivity index (χ4v) is 2.62. The van der Waals surface area contributed by atoms with Gasteiger partial charge in [-0.15, -0.1) is 11.3 Å². The van der Waals surface area contributed by atoms with Crippen molar-refractivity contribution in [3.63, 3.8) is 0 Å². The third-order valence-corrected chi connectivity index (χ3v) is 3.91. The third kappa shape index (κ3) is 3.24. The molecule has 0 atom stereocenters. The molecule has 0 spiro atoms. The van der Waals surface area contributed by atoms with E-state index >= 15 is 0 Å². The van der Waals surface area contributed by atoms with E-state index in [1.54, 1.807) is 0 Å². The molecule has 1 aromatic rings. The second kappa shape index (κ2) is 5.57. The van der Waals surface area contributed by atoms with Crippen molar-refractivity contribution >= 4 is 17.3 Å².